The van der Waals surface area contributed by atoms with Gasteiger partial charge >= 0.3 is 5.97 Å². The van der Waals surface area contributed by atoms with Crippen LogP contribution in [0.25, 0.3) is 0 Å². The summed E-state index contributed by atoms with van der Waals surface area (Å²) >= 11 is 1.58. The minimum atomic E-state index is -0.512. The van der Waals surface area contributed by atoms with Crippen LogP contribution in [0.1, 0.15) is 30.1 Å². The number of benzene rings is 2. The average molecular weight is 416 g/mol. The van der Waals surface area contributed by atoms with Crippen molar-refractivity contribution in [2.45, 2.75) is 30.8 Å². The molecule has 1 saturated heterocycles. The number of hydrogen-bond acceptors (Lipinski definition) is 6. The van der Waals surface area contributed by atoms with Gasteiger partial charge in [-0.05, 0) is 56.2 Å². The number of rotatable bonds is 9. The molecule has 1 amide bonds. The molecule has 1 aliphatic heterocycles. The molecule has 0 radical (unpaired) electrons. The Balaban J connectivity index is 1.50. The molecule has 29 heavy (non-hydrogen) atoms. The van der Waals surface area contributed by atoms with Crippen molar-refractivity contribution in [1.82, 2.24) is 0 Å². The number of carbonyl (C=O) groups excluding carboxylic acids is 2. The Kier molecular flexibility index (Phi) is 7.95. The molecular weight excluding hydrogens is 390 g/mol. The first kappa shape index (κ1) is 21.2. The molecule has 3 rings (SSSR count). The fourth-order valence-electron chi connectivity index (χ4n) is 2.93. The molecule has 0 unspecified atom stereocenters. The highest BCUT2D eigenvalue weighted by Gasteiger charge is 2.19. The number of esters is 1. The SMILES string of the molecule is CCOc1ccc(NC(=O)COC(=O)c2ccccc2SC[C@H]2CCCO2)cc1. The van der Waals surface area contributed by atoms with Gasteiger partial charge in [0.2, 0.25) is 0 Å². The highest BCUT2D eigenvalue weighted by atomic mass is 32.2. The van der Waals surface area contributed by atoms with Crippen LogP contribution >= 0.6 is 11.8 Å². The molecular formula is C22H25NO5S. The second kappa shape index (κ2) is 10.9. The van der Waals surface area contributed by atoms with Crippen molar-refractivity contribution in [3.63, 3.8) is 0 Å². The lowest BCUT2D eigenvalue weighted by molar-refractivity contribution is -0.119. The minimum absolute atomic E-state index is 0.226. The first-order valence-electron chi connectivity index (χ1n) is 9.69. The summed E-state index contributed by atoms with van der Waals surface area (Å²) in [6.45, 7) is 2.94. The quantitative estimate of drug-likeness (QED) is 0.490. The van der Waals surface area contributed by atoms with Gasteiger partial charge in [-0.2, -0.15) is 0 Å². The Morgan fingerprint density at radius 3 is 2.69 bits per heavy atom. The van der Waals surface area contributed by atoms with Crippen molar-refractivity contribution < 1.29 is 23.8 Å². The lowest BCUT2D eigenvalue weighted by atomic mass is 10.2. The van der Waals surface area contributed by atoms with Crippen LogP contribution in [0.5, 0.6) is 5.75 Å². The molecule has 1 fully saturated rings. The lowest BCUT2D eigenvalue weighted by Crippen LogP contribution is -2.21. The normalized spacial score (nSPS) is 15.7. The van der Waals surface area contributed by atoms with Crippen molar-refractivity contribution >= 4 is 29.3 Å². The molecule has 154 valence electrons. The molecule has 1 N–H and O–H groups in total. The Hall–Kier alpha value is -2.51. The fraction of sp³-hybridized carbons (Fsp3) is 0.364. The Labute approximate surface area is 174 Å². The third-order valence-corrected chi connectivity index (χ3v) is 5.54. The van der Waals surface area contributed by atoms with Gasteiger partial charge in [0.15, 0.2) is 6.61 Å². The van der Waals surface area contributed by atoms with Gasteiger partial charge in [0, 0.05) is 22.9 Å². The predicted octanol–water partition coefficient (Wildman–Crippen LogP) is 4.15. The number of hydrogen-bond donors (Lipinski definition) is 1. The van der Waals surface area contributed by atoms with E-state index in [9.17, 15) is 9.59 Å². The summed E-state index contributed by atoms with van der Waals surface area (Å²) in [5.41, 5.74) is 1.08. The number of ether oxygens (including phenoxy) is 3. The second-order valence-electron chi connectivity index (χ2n) is 6.52. The molecule has 0 aliphatic carbocycles. The number of amides is 1. The van der Waals surface area contributed by atoms with Gasteiger partial charge < -0.3 is 19.5 Å². The predicted molar refractivity (Wildman–Crippen MR) is 113 cm³/mol. The van der Waals surface area contributed by atoms with Crippen molar-refractivity contribution in [2.75, 3.05) is 30.9 Å². The van der Waals surface area contributed by atoms with E-state index in [1.165, 1.54) is 0 Å². The summed E-state index contributed by atoms with van der Waals surface area (Å²) in [5.74, 6) is 0.617. The van der Waals surface area contributed by atoms with Gasteiger partial charge in [0.25, 0.3) is 5.91 Å². The van der Waals surface area contributed by atoms with E-state index in [2.05, 4.69) is 5.32 Å². The molecule has 2 aromatic rings. The number of anilines is 1. The topological polar surface area (TPSA) is 73.9 Å². The van der Waals surface area contributed by atoms with Crippen LogP contribution in [-0.2, 0) is 14.3 Å². The van der Waals surface area contributed by atoms with E-state index in [1.807, 2.05) is 19.1 Å². The third-order valence-electron chi connectivity index (χ3n) is 4.34. The fourth-order valence-corrected chi connectivity index (χ4v) is 4.04. The largest absolute Gasteiger partial charge is 0.494 e. The van der Waals surface area contributed by atoms with Crippen molar-refractivity contribution in [1.29, 1.82) is 0 Å². The lowest BCUT2D eigenvalue weighted by Gasteiger charge is -2.12. The van der Waals surface area contributed by atoms with Crippen LogP contribution in [-0.4, -0.2) is 43.6 Å². The Morgan fingerprint density at radius 1 is 1.17 bits per heavy atom. The zero-order valence-electron chi connectivity index (χ0n) is 16.4. The molecule has 6 nitrogen and oxygen atoms in total. The maximum Gasteiger partial charge on any atom is 0.339 e. The van der Waals surface area contributed by atoms with Crippen molar-refractivity contribution in [3.05, 3.63) is 54.1 Å². The first-order valence-corrected chi connectivity index (χ1v) is 10.7. The summed E-state index contributed by atoms with van der Waals surface area (Å²) in [7, 11) is 0. The van der Waals surface area contributed by atoms with Gasteiger partial charge in [-0.15, -0.1) is 11.8 Å². The van der Waals surface area contributed by atoms with Crippen LogP contribution in [0.2, 0.25) is 0 Å². The third kappa shape index (κ3) is 6.51. The summed E-state index contributed by atoms with van der Waals surface area (Å²) in [6.07, 6.45) is 2.35. The van der Waals surface area contributed by atoms with Gasteiger partial charge in [0.1, 0.15) is 5.75 Å². The van der Waals surface area contributed by atoms with Crippen molar-refractivity contribution in [2.24, 2.45) is 0 Å². The molecule has 1 aliphatic rings. The molecule has 0 saturated carbocycles. The van der Waals surface area contributed by atoms with Crippen LogP contribution in [0.3, 0.4) is 0 Å². The van der Waals surface area contributed by atoms with Crippen LogP contribution in [0.15, 0.2) is 53.4 Å². The Bertz CT molecular complexity index is 818. The van der Waals surface area contributed by atoms with E-state index < -0.39 is 11.9 Å². The standard InChI is InChI=1S/C22H25NO5S/c1-2-26-17-11-9-16(10-12-17)23-21(24)14-28-22(25)19-7-3-4-8-20(19)29-15-18-6-5-13-27-18/h3-4,7-12,18H,2,5-6,13-15H2,1H3,(H,23,24)/t18-/m1/s1. The minimum Gasteiger partial charge on any atom is -0.494 e. The van der Waals surface area contributed by atoms with Crippen LogP contribution < -0.4 is 10.1 Å². The van der Waals surface area contributed by atoms with Crippen LogP contribution in [0.4, 0.5) is 5.69 Å². The van der Waals surface area contributed by atoms with E-state index >= 15 is 0 Å². The first-order chi connectivity index (χ1) is 14.2. The van der Waals surface area contributed by atoms with E-state index in [-0.39, 0.29) is 12.7 Å². The molecule has 1 heterocycles. The Morgan fingerprint density at radius 2 is 1.97 bits per heavy atom. The number of thioether (sulfide) groups is 1. The average Bonchev–Trinajstić information content (AvgIpc) is 3.26. The van der Waals surface area contributed by atoms with E-state index in [0.29, 0.717) is 17.9 Å². The monoisotopic (exact) mass is 415 g/mol. The van der Waals surface area contributed by atoms with Crippen LogP contribution in [0, 0.1) is 0 Å². The van der Waals surface area contributed by atoms with E-state index in [4.69, 9.17) is 14.2 Å². The molecule has 1 atom stereocenters. The highest BCUT2D eigenvalue weighted by molar-refractivity contribution is 7.99. The summed E-state index contributed by atoms with van der Waals surface area (Å²) in [5, 5.41) is 2.70. The van der Waals surface area contributed by atoms with Gasteiger partial charge in [0.05, 0.1) is 18.3 Å². The summed E-state index contributed by atoms with van der Waals surface area (Å²) < 4.78 is 16.2. The van der Waals surface area contributed by atoms with Gasteiger partial charge in [-0.1, -0.05) is 12.1 Å². The summed E-state index contributed by atoms with van der Waals surface area (Å²) in [4.78, 5) is 25.4. The smallest absolute Gasteiger partial charge is 0.339 e. The summed E-state index contributed by atoms with van der Waals surface area (Å²) in [6, 6.07) is 14.3. The molecule has 2 aromatic carbocycles. The van der Waals surface area contributed by atoms with E-state index in [0.717, 1.165) is 35.8 Å². The molecule has 0 bridgehead atoms. The maximum absolute atomic E-state index is 12.5. The highest BCUT2D eigenvalue weighted by Crippen LogP contribution is 2.27. The number of carbonyl (C=O) groups is 2. The zero-order chi connectivity index (χ0) is 20.5. The molecule has 0 aromatic heterocycles. The molecule has 7 heteroatoms. The zero-order valence-corrected chi connectivity index (χ0v) is 17.2. The maximum atomic E-state index is 12.5. The van der Waals surface area contributed by atoms with Crippen molar-refractivity contribution in [3.8, 4) is 5.75 Å². The number of nitrogens with one attached hydrogen (secondary N) is 1. The second-order valence-corrected chi connectivity index (χ2v) is 7.59. The van der Waals surface area contributed by atoms with Gasteiger partial charge in [-0.3, -0.25) is 4.79 Å². The van der Waals surface area contributed by atoms with E-state index in [1.54, 1.807) is 48.2 Å². The van der Waals surface area contributed by atoms with Gasteiger partial charge in [-0.25, -0.2) is 4.79 Å². The molecule has 0 spiro atoms.